The van der Waals surface area contributed by atoms with Crippen LogP contribution in [-0.4, -0.2) is 21.3 Å². The number of ether oxygens (including phenoxy) is 1. The summed E-state index contributed by atoms with van der Waals surface area (Å²) in [5, 5.41) is 10.3. The molecule has 1 aliphatic heterocycles. The van der Waals surface area contributed by atoms with E-state index in [1.165, 1.54) is 16.8 Å². The number of nitrogens with zero attached hydrogens (tertiary/aromatic N) is 1. The molecule has 0 radical (unpaired) electrons. The van der Waals surface area contributed by atoms with E-state index in [9.17, 15) is 14.7 Å². The van der Waals surface area contributed by atoms with Crippen LogP contribution < -0.4 is 16.0 Å². The van der Waals surface area contributed by atoms with Crippen LogP contribution in [0.2, 0.25) is 0 Å². The number of aromatic nitrogens is 2. The highest BCUT2D eigenvalue weighted by Crippen LogP contribution is 2.48. The van der Waals surface area contributed by atoms with Crippen LogP contribution in [0.5, 0.6) is 11.5 Å². The second kappa shape index (κ2) is 4.62. The summed E-state index contributed by atoms with van der Waals surface area (Å²) in [4.78, 5) is 25.4. The number of aromatic hydroxyl groups is 1. The van der Waals surface area contributed by atoms with Gasteiger partial charge in [-0.2, -0.15) is 0 Å². The Hall–Kier alpha value is -1.77. The van der Waals surface area contributed by atoms with Gasteiger partial charge in [-0.15, -0.1) is 0 Å². The topological polar surface area (TPSA) is 84.3 Å². The third-order valence-electron chi connectivity index (χ3n) is 3.52. The van der Waals surface area contributed by atoms with Crippen molar-refractivity contribution in [2.45, 2.75) is 19.3 Å². The molecule has 21 heavy (non-hydrogen) atoms. The third-order valence-corrected chi connectivity index (χ3v) is 4.35. The first kappa shape index (κ1) is 14.2. The minimum atomic E-state index is -0.542. The molecule has 3 rings (SSSR count). The zero-order chi connectivity index (χ0) is 15.4. The summed E-state index contributed by atoms with van der Waals surface area (Å²) in [5.41, 5.74) is -0.148. The second-order valence-corrected chi connectivity index (χ2v) is 6.75. The highest BCUT2D eigenvalue weighted by Gasteiger charge is 2.38. The van der Waals surface area contributed by atoms with Crippen LogP contribution in [0.3, 0.4) is 0 Å². The number of phenolic OH excluding ortho intramolecular Hbond substituents is 1. The fraction of sp³-hybridized carbons (Fsp3) is 0.286. The zero-order valence-electron chi connectivity index (χ0n) is 11.4. The van der Waals surface area contributed by atoms with Gasteiger partial charge in [-0.25, -0.2) is 4.79 Å². The van der Waals surface area contributed by atoms with Gasteiger partial charge >= 0.3 is 5.69 Å². The smallest absolute Gasteiger partial charge is 0.333 e. The summed E-state index contributed by atoms with van der Waals surface area (Å²) in [5.74, 6) is 0.654. The zero-order valence-corrected chi connectivity index (χ0v) is 13.6. The first-order chi connectivity index (χ1) is 9.81. The molecule has 0 saturated heterocycles. The number of fused-ring (bicyclic) bond motifs is 1. The van der Waals surface area contributed by atoms with Gasteiger partial charge in [-0.3, -0.25) is 14.3 Å². The highest BCUT2D eigenvalue weighted by atomic mass is 127. The van der Waals surface area contributed by atoms with E-state index >= 15 is 0 Å². The lowest BCUT2D eigenvalue weighted by molar-refractivity contribution is 0.289. The Morgan fingerprint density at radius 1 is 1.43 bits per heavy atom. The Labute approximate surface area is 133 Å². The normalized spacial score (nSPS) is 15.6. The van der Waals surface area contributed by atoms with E-state index in [0.717, 1.165) is 0 Å². The molecule has 0 amide bonds. The monoisotopic (exact) mass is 400 g/mol. The van der Waals surface area contributed by atoms with Gasteiger partial charge < -0.3 is 9.84 Å². The number of benzene rings is 1. The maximum atomic E-state index is 12.0. The molecule has 0 atom stereocenters. The van der Waals surface area contributed by atoms with E-state index in [2.05, 4.69) is 4.98 Å². The number of phenols is 1. The van der Waals surface area contributed by atoms with Gasteiger partial charge in [0.15, 0.2) is 5.75 Å². The number of aromatic amines is 1. The van der Waals surface area contributed by atoms with Crippen molar-refractivity contribution in [3.05, 3.63) is 48.3 Å². The fourth-order valence-corrected chi connectivity index (χ4v) is 3.06. The molecule has 1 aromatic heterocycles. The summed E-state index contributed by atoms with van der Waals surface area (Å²) in [7, 11) is 0. The van der Waals surface area contributed by atoms with Gasteiger partial charge in [0.2, 0.25) is 0 Å². The third kappa shape index (κ3) is 2.15. The van der Waals surface area contributed by atoms with Crippen molar-refractivity contribution in [2.75, 3.05) is 6.61 Å². The predicted molar refractivity (Wildman–Crippen MR) is 85.6 cm³/mol. The van der Waals surface area contributed by atoms with Crippen LogP contribution in [0, 0.1) is 3.57 Å². The lowest BCUT2D eigenvalue weighted by Gasteiger charge is -2.18. The van der Waals surface area contributed by atoms with E-state index in [0.29, 0.717) is 27.2 Å². The van der Waals surface area contributed by atoms with Gasteiger partial charge in [0, 0.05) is 23.2 Å². The number of H-pyrrole nitrogens is 1. The Morgan fingerprint density at radius 2 is 2.14 bits per heavy atom. The molecule has 1 aliphatic rings. The Kier molecular flexibility index (Phi) is 3.12. The molecule has 0 fully saturated rings. The number of nitrogens with one attached hydrogen (secondary N) is 1. The Morgan fingerprint density at radius 3 is 2.81 bits per heavy atom. The summed E-state index contributed by atoms with van der Waals surface area (Å²) in [6.07, 6.45) is 1.40. The minimum absolute atomic E-state index is 0.175. The van der Waals surface area contributed by atoms with Crippen molar-refractivity contribution in [3.63, 3.8) is 0 Å². The molecule has 0 saturated carbocycles. The highest BCUT2D eigenvalue weighted by molar-refractivity contribution is 14.1. The van der Waals surface area contributed by atoms with Crippen LogP contribution in [0.4, 0.5) is 0 Å². The van der Waals surface area contributed by atoms with Crippen LogP contribution in [-0.2, 0) is 5.41 Å². The molecule has 0 spiro atoms. The van der Waals surface area contributed by atoms with E-state index in [4.69, 9.17) is 4.74 Å². The Balaban J connectivity index is 2.36. The molecule has 2 aromatic rings. The van der Waals surface area contributed by atoms with Gasteiger partial charge in [0.1, 0.15) is 5.75 Å². The lowest BCUT2D eigenvalue weighted by atomic mass is 9.86. The summed E-state index contributed by atoms with van der Waals surface area (Å²) in [6, 6.07) is 2.93. The van der Waals surface area contributed by atoms with E-state index in [-0.39, 0.29) is 11.2 Å². The maximum Gasteiger partial charge on any atom is 0.333 e. The summed E-state index contributed by atoms with van der Waals surface area (Å²) >= 11 is 2.01. The number of hydrogen-bond acceptors (Lipinski definition) is 4. The van der Waals surface area contributed by atoms with Gasteiger partial charge in [0.05, 0.1) is 15.9 Å². The van der Waals surface area contributed by atoms with Crippen molar-refractivity contribution >= 4 is 22.6 Å². The number of rotatable bonds is 1. The molecule has 1 aromatic carbocycles. The van der Waals surface area contributed by atoms with Crippen LogP contribution in [0.15, 0.2) is 27.9 Å². The molecular weight excluding hydrogens is 387 g/mol. The Bertz CT molecular complexity index is 851. The van der Waals surface area contributed by atoms with E-state index in [1.54, 1.807) is 6.07 Å². The van der Waals surface area contributed by atoms with Crippen LogP contribution in [0.1, 0.15) is 19.4 Å². The first-order valence-electron chi connectivity index (χ1n) is 6.32. The first-order valence-corrected chi connectivity index (χ1v) is 7.40. The van der Waals surface area contributed by atoms with Gasteiger partial charge in [-0.1, -0.05) is 13.8 Å². The molecule has 7 heteroatoms. The SMILES string of the molecule is CC1(C)COc2c(-n3ccc(=O)[nH]c3=O)cc(I)c(O)c21. The molecule has 110 valence electrons. The summed E-state index contributed by atoms with van der Waals surface area (Å²) < 4.78 is 7.64. The molecule has 0 aliphatic carbocycles. The molecule has 2 heterocycles. The maximum absolute atomic E-state index is 12.0. The molecule has 0 bridgehead atoms. The fourth-order valence-electron chi connectivity index (χ4n) is 2.49. The average molecular weight is 400 g/mol. The van der Waals surface area contributed by atoms with Crippen LogP contribution in [0.25, 0.3) is 5.69 Å². The van der Waals surface area contributed by atoms with E-state index < -0.39 is 11.2 Å². The quantitative estimate of drug-likeness (QED) is 0.711. The van der Waals surface area contributed by atoms with Crippen molar-refractivity contribution in [1.29, 1.82) is 0 Å². The molecule has 2 N–H and O–H groups in total. The van der Waals surface area contributed by atoms with Crippen LogP contribution >= 0.6 is 22.6 Å². The van der Waals surface area contributed by atoms with Gasteiger partial charge in [0.25, 0.3) is 5.56 Å². The molecular formula is C14H13IN2O4. The molecule has 6 nitrogen and oxygen atoms in total. The molecule has 0 unspecified atom stereocenters. The summed E-state index contributed by atoms with van der Waals surface area (Å²) in [6.45, 7) is 4.35. The second-order valence-electron chi connectivity index (χ2n) is 5.58. The lowest BCUT2D eigenvalue weighted by Crippen LogP contribution is -2.27. The van der Waals surface area contributed by atoms with Crippen molar-refractivity contribution < 1.29 is 9.84 Å². The number of halogens is 1. The minimum Gasteiger partial charge on any atom is -0.506 e. The van der Waals surface area contributed by atoms with Crippen molar-refractivity contribution in [3.8, 4) is 17.2 Å². The standard InChI is InChI=1S/C14H13IN2O4/c1-14(2)6-21-12-8(5-7(15)11(19)10(12)14)17-4-3-9(18)16-13(17)20/h3-5,19H,6H2,1-2H3,(H,16,18,20). The van der Waals surface area contributed by atoms with E-state index in [1.807, 2.05) is 36.4 Å². The van der Waals surface area contributed by atoms with Crippen molar-refractivity contribution in [1.82, 2.24) is 9.55 Å². The number of hydrogen-bond donors (Lipinski definition) is 2. The average Bonchev–Trinajstić information content (AvgIpc) is 2.71. The van der Waals surface area contributed by atoms with Crippen molar-refractivity contribution in [2.24, 2.45) is 0 Å². The predicted octanol–water partition coefficient (Wildman–Crippen LogP) is 1.51. The largest absolute Gasteiger partial charge is 0.506 e. The van der Waals surface area contributed by atoms with Gasteiger partial charge in [-0.05, 0) is 28.7 Å².